The normalized spacial score (nSPS) is 24.3. The van der Waals surface area contributed by atoms with Crippen molar-refractivity contribution in [1.82, 2.24) is 0 Å². The number of benzene rings is 1. The smallest absolute Gasteiger partial charge is 0.0822 e. The van der Waals surface area contributed by atoms with Gasteiger partial charge in [-0.1, -0.05) is 76.6 Å². The monoisotopic (exact) mass is 311 g/mol. The molecule has 0 bridgehead atoms. The zero-order valence-corrected chi connectivity index (χ0v) is 15.1. The van der Waals surface area contributed by atoms with Crippen LogP contribution in [0.5, 0.6) is 0 Å². The van der Waals surface area contributed by atoms with Crippen LogP contribution in [0.3, 0.4) is 0 Å². The molecule has 0 spiro atoms. The van der Waals surface area contributed by atoms with Crippen LogP contribution in [0.1, 0.15) is 89.2 Å². The van der Waals surface area contributed by atoms with Crippen molar-refractivity contribution in [1.29, 1.82) is 5.26 Å². The maximum atomic E-state index is 9.85. The predicted octanol–water partition coefficient (Wildman–Crippen LogP) is 6.56. The van der Waals surface area contributed by atoms with Gasteiger partial charge in [0.1, 0.15) is 0 Å². The molecule has 0 unspecified atom stereocenters. The number of aryl methyl sites for hydroxylation is 1. The Balaban J connectivity index is 1.92. The fourth-order valence-corrected chi connectivity index (χ4v) is 4.06. The molecule has 0 atom stereocenters. The summed E-state index contributed by atoms with van der Waals surface area (Å²) in [4.78, 5) is 0. The van der Waals surface area contributed by atoms with Gasteiger partial charge in [-0.15, -0.1) is 0 Å². The molecule has 1 aliphatic carbocycles. The second-order valence-electron chi connectivity index (χ2n) is 7.43. The van der Waals surface area contributed by atoms with Crippen LogP contribution in [0.15, 0.2) is 24.3 Å². The van der Waals surface area contributed by atoms with Gasteiger partial charge in [-0.2, -0.15) is 5.26 Å². The van der Waals surface area contributed by atoms with E-state index in [1.54, 1.807) is 0 Å². The van der Waals surface area contributed by atoms with Crippen LogP contribution in [-0.4, -0.2) is 0 Å². The quantitative estimate of drug-likeness (QED) is 0.499. The summed E-state index contributed by atoms with van der Waals surface area (Å²) in [5.74, 6) is 0.854. The number of hydrogen-bond acceptors (Lipinski definition) is 1. The fourth-order valence-electron chi connectivity index (χ4n) is 4.06. The first-order valence-corrected chi connectivity index (χ1v) is 9.74. The van der Waals surface area contributed by atoms with Gasteiger partial charge in [0.05, 0.1) is 11.5 Å². The van der Waals surface area contributed by atoms with Crippen LogP contribution in [-0.2, 0) is 11.8 Å². The number of nitrogens with zero attached hydrogens (tertiary/aromatic N) is 1. The first kappa shape index (κ1) is 18.1. The summed E-state index contributed by atoms with van der Waals surface area (Å²) in [5.41, 5.74) is 2.43. The van der Waals surface area contributed by atoms with Crippen LogP contribution in [0.25, 0.3) is 0 Å². The molecule has 126 valence electrons. The Hall–Kier alpha value is -1.29. The molecule has 23 heavy (non-hydrogen) atoms. The maximum Gasteiger partial charge on any atom is 0.0822 e. The molecule has 1 saturated carbocycles. The molecular formula is C22H33N. The van der Waals surface area contributed by atoms with Crippen molar-refractivity contribution < 1.29 is 0 Å². The second-order valence-corrected chi connectivity index (χ2v) is 7.43. The topological polar surface area (TPSA) is 23.8 Å². The lowest BCUT2D eigenvalue weighted by Gasteiger charge is -2.35. The molecule has 0 radical (unpaired) electrons. The average Bonchev–Trinajstić information content (AvgIpc) is 2.60. The van der Waals surface area contributed by atoms with E-state index < -0.39 is 0 Å². The van der Waals surface area contributed by atoms with Crippen molar-refractivity contribution in [3.05, 3.63) is 35.4 Å². The minimum Gasteiger partial charge on any atom is -0.197 e. The Bertz CT molecular complexity index is 486. The molecule has 1 aromatic carbocycles. The van der Waals surface area contributed by atoms with E-state index in [-0.39, 0.29) is 5.41 Å². The minimum atomic E-state index is -0.218. The van der Waals surface area contributed by atoms with Gasteiger partial charge in [0.15, 0.2) is 0 Å². The van der Waals surface area contributed by atoms with Gasteiger partial charge >= 0.3 is 0 Å². The Morgan fingerprint density at radius 3 is 2.26 bits per heavy atom. The molecule has 0 aromatic heterocycles. The van der Waals surface area contributed by atoms with E-state index in [0.29, 0.717) is 0 Å². The lowest BCUT2D eigenvalue weighted by molar-refractivity contribution is 0.261. The van der Waals surface area contributed by atoms with Crippen molar-refractivity contribution in [2.45, 2.75) is 89.9 Å². The minimum absolute atomic E-state index is 0.218. The highest BCUT2D eigenvalue weighted by molar-refractivity contribution is 5.35. The van der Waals surface area contributed by atoms with Crippen molar-refractivity contribution in [3.63, 3.8) is 0 Å². The average molecular weight is 312 g/mol. The molecule has 0 aliphatic heterocycles. The third kappa shape index (κ3) is 4.84. The van der Waals surface area contributed by atoms with E-state index in [0.717, 1.165) is 25.2 Å². The van der Waals surface area contributed by atoms with Crippen molar-refractivity contribution >= 4 is 0 Å². The van der Waals surface area contributed by atoms with E-state index in [9.17, 15) is 5.26 Å². The van der Waals surface area contributed by atoms with Crippen molar-refractivity contribution in [3.8, 4) is 6.07 Å². The third-order valence-electron chi connectivity index (χ3n) is 5.68. The first-order valence-electron chi connectivity index (χ1n) is 9.74. The summed E-state index contributed by atoms with van der Waals surface area (Å²) in [6.07, 6.45) is 13.7. The number of nitriles is 1. The zero-order chi connectivity index (χ0) is 16.5. The second kappa shape index (κ2) is 9.11. The number of hydrogen-bond donors (Lipinski definition) is 0. The van der Waals surface area contributed by atoms with Crippen LogP contribution in [0.2, 0.25) is 0 Å². The van der Waals surface area contributed by atoms with Crippen LogP contribution in [0, 0.1) is 17.2 Å². The lowest BCUT2D eigenvalue weighted by Crippen LogP contribution is -2.30. The molecule has 1 fully saturated rings. The maximum absolute atomic E-state index is 9.85. The SMILES string of the molecule is CCCCCCC1CCC(C#N)(c2ccc(CCC)cc2)CC1. The first-order chi connectivity index (χ1) is 11.2. The van der Waals surface area contributed by atoms with Gasteiger partial charge in [-0.3, -0.25) is 0 Å². The number of rotatable bonds is 8. The van der Waals surface area contributed by atoms with E-state index in [4.69, 9.17) is 0 Å². The Labute approximate surface area is 143 Å². The predicted molar refractivity (Wildman–Crippen MR) is 98.4 cm³/mol. The van der Waals surface area contributed by atoms with E-state index in [1.165, 1.54) is 62.5 Å². The Morgan fingerprint density at radius 1 is 1.00 bits per heavy atom. The molecule has 1 nitrogen and oxygen atoms in total. The van der Waals surface area contributed by atoms with Crippen molar-refractivity contribution in [2.75, 3.05) is 0 Å². The van der Waals surface area contributed by atoms with E-state index >= 15 is 0 Å². The summed E-state index contributed by atoms with van der Waals surface area (Å²) in [6.45, 7) is 4.49. The third-order valence-corrected chi connectivity index (χ3v) is 5.68. The Morgan fingerprint density at radius 2 is 1.70 bits per heavy atom. The van der Waals surface area contributed by atoms with Gasteiger partial charge in [0.2, 0.25) is 0 Å². The molecule has 0 amide bonds. The fraction of sp³-hybridized carbons (Fsp3) is 0.682. The largest absolute Gasteiger partial charge is 0.197 e. The summed E-state index contributed by atoms with van der Waals surface area (Å²) < 4.78 is 0. The standard InChI is InChI=1S/C22H33N/c1-3-5-6-7-9-20-14-16-22(18-23,17-15-20)21-12-10-19(8-4-2)11-13-21/h10-13,20H,3-9,14-17H2,1-2H3. The van der Waals surface area contributed by atoms with Gasteiger partial charge in [0, 0.05) is 0 Å². The molecule has 1 heteroatoms. The van der Waals surface area contributed by atoms with Gasteiger partial charge < -0.3 is 0 Å². The van der Waals surface area contributed by atoms with E-state index in [2.05, 4.69) is 44.2 Å². The molecule has 0 saturated heterocycles. The van der Waals surface area contributed by atoms with Gasteiger partial charge in [-0.25, -0.2) is 0 Å². The van der Waals surface area contributed by atoms with Crippen LogP contribution in [0.4, 0.5) is 0 Å². The van der Waals surface area contributed by atoms with Crippen LogP contribution >= 0.6 is 0 Å². The van der Waals surface area contributed by atoms with E-state index in [1.807, 2.05) is 0 Å². The summed E-state index contributed by atoms with van der Waals surface area (Å²) in [5, 5.41) is 9.85. The summed E-state index contributed by atoms with van der Waals surface area (Å²) >= 11 is 0. The zero-order valence-electron chi connectivity index (χ0n) is 15.1. The lowest BCUT2D eigenvalue weighted by atomic mass is 9.66. The summed E-state index contributed by atoms with van der Waals surface area (Å²) in [6, 6.07) is 11.6. The molecule has 1 aliphatic rings. The number of unbranched alkanes of at least 4 members (excludes halogenated alkanes) is 3. The molecule has 2 rings (SSSR count). The van der Waals surface area contributed by atoms with Crippen molar-refractivity contribution in [2.24, 2.45) is 5.92 Å². The highest BCUT2D eigenvalue weighted by atomic mass is 14.4. The van der Waals surface area contributed by atoms with Crippen LogP contribution < -0.4 is 0 Å². The molecule has 0 heterocycles. The molecule has 0 N–H and O–H groups in total. The highest BCUT2D eigenvalue weighted by Gasteiger charge is 2.36. The Kier molecular flexibility index (Phi) is 7.15. The van der Waals surface area contributed by atoms with Gasteiger partial charge in [0.25, 0.3) is 0 Å². The highest BCUT2D eigenvalue weighted by Crippen LogP contribution is 2.42. The molecular weight excluding hydrogens is 278 g/mol. The molecule has 1 aromatic rings. The summed E-state index contributed by atoms with van der Waals surface area (Å²) in [7, 11) is 0. The van der Waals surface area contributed by atoms with Gasteiger partial charge in [-0.05, 0) is 49.1 Å².